The molecule has 2 aromatic heterocycles. The lowest BCUT2D eigenvalue weighted by atomic mass is 9.68. The first kappa shape index (κ1) is 23.0. The Morgan fingerprint density at radius 1 is 1.36 bits per heavy atom. The fourth-order valence-corrected chi connectivity index (χ4v) is 4.83. The summed E-state index contributed by atoms with van der Waals surface area (Å²) in [6.45, 7) is 5.73. The number of nitrogens with one attached hydrogen (secondary N) is 2. The van der Waals surface area contributed by atoms with Gasteiger partial charge in [0.2, 0.25) is 0 Å². The minimum Gasteiger partial charge on any atom is -0.388 e. The average molecular weight is 467 g/mol. The van der Waals surface area contributed by atoms with Crippen molar-refractivity contribution in [2.75, 3.05) is 13.1 Å². The van der Waals surface area contributed by atoms with Gasteiger partial charge in [0.1, 0.15) is 11.8 Å². The number of carbonyl (C=O) groups is 1. The number of benzene rings is 1. The molecule has 1 aliphatic rings. The van der Waals surface area contributed by atoms with Crippen LogP contribution in [0.25, 0.3) is 10.9 Å². The summed E-state index contributed by atoms with van der Waals surface area (Å²) in [5.74, 6) is 0.233. The molecule has 0 spiro atoms. The molecule has 8 nitrogen and oxygen atoms in total. The molecule has 0 unspecified atom stereocenters. The van der Waals surface area contributed by atoms with E-state index in [9.17, 15) is 9.90 Å². The Morgan fingerprint density at radius 3 is 2.79 bits per heavy atom. The maximum absolute atomic E-state index is 12.6. The Labute approximate surface area is 197 Å². The Balaban J connectivity index is 1.36. The molecular formula is C24H27ClN6O2. The average Bonchev–Trinajstić information content (AvgIpc) is 3.30. The van der Waals surface area contributed by atoms with Gasteiger partial charge in [-0.15, -0.1) is 0 Å². The minimum atomic E-state index is -0.728. The number of H-pyrrole nitrogens is 1. The van der Waals surface area contributed by atoms with Crippen molar-refractivity contribution in [2.24, 2.45) is 11.3 Å². The molecule has 1 saturated heterocycles. The van der Waals surface area contributed by atoms with Gasteiger partial charge in [-0.3, -0.25) is 5.10 Å². The van der Waals surface area contributed by atoms with Crippen molar-refractivity contribution in [2.45, 2.75) is 39.3 Å². The number of piperidine rings is 1. The van der Waals surface area contributed by atoms with E-state index in [0.717, 1.165) is 34.9 Å². The second-order valence-corrected chi connectivity index (χ2v) is 9.57. The van der Waals surface area contributed by atoms with Gasteiger partial charge in [0.25, 0.3) is 0 Å². The Morgan fingerprint density at radius 2 is 2.12 bits per heavy atom. The first-order valence-electron chi connectivity index (χ1n) is 11.0. The molecule has 1 aliphatic heterocycles. The van der Waals surface area contributed by atoms with Gasteiger partial charge in [0, 0.05) is 41.8 Å². The summed E-state index contributed by atoms with van der Waals surface area (Å²) < 4.78 is 0. The molecule has 1 atom stereocenters. The summed E-state index contributed by atoms with van der Waals surface area (Å²) in [5.41, 5.74) is 2.32. The molecule has 1 aromatic carbocycles. The molecule has 172 valence electrons. The van der Waals surface area contributed by atoms with Crippen LogP contribution in [0, 0.1) is 22.7 Å². The Kier molecular flexibility index (Phi) is 6.54. The van der Waals surface area contributed by atoms with Crippen LogP contribution in [-0.2, 0) is 6.54 Å². The van der Waals surface area contributed by atoms with Crippen molar-refractivity contribution in [1.29, 1.82) is 5.26 Å². The zero-order chi connectivity index (χ0) is 23.6. The molecule has 4 rings (SSSR count). The van der Waals surface area contributed by atoms with E-state index in [1.807, 2.05) is 17.0 Å². The third kappa shape index (κ3) is 4.80. The monoisotopic (exact) mass is 466 g/mol. The van der Waals surface area contributed by atoms with Gasteiger partial charge in [-0.1, -0.05) is 31.5 Å². The van der Waals surface area contributed by atoms with Crippen LogP contribution < -0.4 is 5.32 Å². The Hall–Kier alpha value is -3.15. The zero-order valence-electron chi connectivity index (χ0n) is 18.7. The summed E-state index contributed by atoms with van der Waals surface area (Å²) in [6.07, 6.45) is 4.16. The van der Waals surface area contributed by atoms with E-state index in [1.165, 1.54) is 0 Å². The molecule has 3 N–H and O–H groups in total. The molecular weight excluding hydrogens is 440 g/mol. The number of carbonyl (C=O) groups excluding carboxylic acids is 1. The fourth-order valence-electron chi connectivity index (χ4n) is 4.60. The third-order valence-corrected chi connectivity index (χ3v) is 6.98. The van der Waals surface area contributed by atoms with E-state index in [2.05, 4.69) is 34.3 Å². The number of aliphatic hydroxyl groups is 1. The largest absolute Gasteiger partial charge is 0.388 e. The number of urea groups is 1. The number of hydrogen-bond acceptors (Lipinski definition) is 5. The smallest absolute Gasteiger partial charge is 0.317 e. The minimum absolute atomic E-state index is 0.120. The number of hydrogen-bond donors (Lipinski definition) is 3. The molecule has 3 heterocycles. The number of nitrogens with zero attached hydrogens (tertiary/aromatic N) is 4. The molecule has 1 fully saturated rings. The second-order valence-electron chi connectivity index (χ2n) is 9.14. The van der Waals surface area contributed by atoms with Crippen LogP contribution in [0.2, 0.25) is 5.02 Å². The number of aromatic amines is 1. The molecule has 0 saturated carbocycles. The number of pyridine rings is 1. The lowest BCUT2D eigenvalue weighted by Gasteiger charge is -2.43. The third-order valence-electron chi connectivity index (χ3n) is 6.76. The van der Waals surface area contributed by atoms with Crippen molar-refractivity contribution in [1.82, 2.24) is 25.4 Å². The quantitative estimate of drug-likeness (QED) is 0.521. The van der Waals surface area contributed by atoms with Crippen molar-refractivity contribution in [3.63, 3.8) is 0 Å². The predicted octanol–water partition coefficient (Wildman–Crippen LogP) is 4.16. The number of fused-ring (bicyclic) bond motifs is 1. The predicted molar refractivity (Wildman–Crippen MR) is 125 cm³/mol. The number of aromatic nitrogens is 3. The van der Waals surface area contributed by atoms with Gasteiger partial charge in [-0.2, -0.15) is 10.4 Å². The van der Waals surface area contributed by atoms with Gasteiger partial charge in [-0.05, 0) is 47.9 Å². The maximum atomic E-state index is 12.6. The maximum Gasteiger partial charge on any atom is 0.317 e. The highest BCUT2D eigenvalue weighted by atomic mass is 35.5. The van der Waals surface area contributed by atoms with Gasteiger partial charge in [-0.25, -0.2) is 9.78 Å². The topological polar surface area (TPSA) is 118 Å². The summed E-state index contributed by atoms with van der Waals surface area (Å²) in [4.78, 5) is 18.5. The standard InChI is InChI=1S/C24H27ClN6O2/c1-24(2,22(32)20-10-18(25)9-16-14-29-30-21(16)20)17-5-7-31(8-6-17)23(33)28-13-15-3-4-19(11-26)27-12-15/h3-4,9-10,12,14,17,22,32H,5-8,13H2,1-2H3,(H,28,33)(H,29,30)/t22-/m1/s1. The van der Waals surface area contributed by atoms with Crippen molar-refractivity contribution >= 4 is 28.5 Å². The number of nitriles is 1. The second kappa shape index (κ2) is 9.38. The van der Waals surface area contributed by atoms with E-state index in [1.54, 1.807) is 30.6 Å². The van der Waals surface area contributed by atoms with E-state index >= 15 is 0 Å². The summed E-state index contributed by atoms with van der Waals surface area (Å²) in [5, 5.41) is 31.6. The van der Waals surface area contributed by atoms with Crippen LogP contribution in [0.3, 0.4) is 0 Å². The molecule has 2 amide bonds. The van der Waals surface area contributed by atoms with Crippen molar-refractivity contribution < 1.29 is 9.90 Å². The van der Waals surface area contributed by atoms with E-state index in [4.69, 9.17) is 16.9 Å². The lowest BCUT2D eigenvalue weighted by Crippen LogP contribution is -2.47. The molecule has 33 heavy (non-hydrogen) atoms. The Bertz CT molecular complexity index is 1180. The molecule has 0 radical (unpaired) electrons. The number of likely N-dealkylation sites (tertiary alicyclic amines) is 1. The molecule has 3 aromatic rings. The van der Waals surface area contributed by atoms with Gasteiger partial charge < -0.3 is 15.3 Å². The summed E-state index contributed by atoms with van der Waals surface area (Å²) >= 11 is 6.28. The van der Waals surface area contributed by atoms with Gasteiger partial charge in [0.15, 0.2) is 0 Å². The lowest BCUT2D eigenvalue weighted by molar-refractivity contribution is -0.0143. The highest BCUT2D eigenvalue weighted by molar-refractivity contribution is 6.31. The van der Waals surface area contributed by atoms with E-state index < -0.39 is 11.5 Å². The van der Waals surface area contributed by atoms with E-state index in [-0.39, 0.29) is 11.9 Å². The normalized spacial score (nSPS) is 15.9. The van der Waals surface area contributed by atoms with Crippen LogP contribution in [0.1, 0.15) is 49.6 Å². The number of halogens is 1. The number of aliphatic hydroxyl groups excluding tert-OH is 1. The van der Waals surface area contributed by atoms with Crippen LogP contribution in [0.15, 0.2) is 36.7 Å². The van der Waals surface area contributed by atoms with Gasteiger partial charge >= 0.3 is 6.03 Å². The van der Waals surface area contributed by atoms with Crippen molar-refractivity contribution in [3.8, 4) is 6.07 Å². The number of rotatable bonds is 5. The van der Waals surface area contributed by atoms with Gasteiger partial charge in [0.05, 0.1) is 17.8 Å². The first-order valence-corrected chi connectivity index (χ1v) is 11.4. The van der Waals surface area contributed by atoms with E-state index in [0.29, 0.717) is 30.4 Å². The highest BCUT2D eigenvalue weighted by Gasteiger charge is 2.40. The van der Waals surface area contributed by atoms with Crippen LogP contribution in [0.4, 0.5) is 4.79 Å². The van der Waals surface area contributed by atoms with Crippen LogP contribution >= 0.6 is 11.6 Å². The van der Waals surface area contributed by atoms with Crippen LogP contribution in [0.5, 0.6) is 0 Å². The molecule has 9 heteroatoms. The fraction of sp³-hybridized carbons (Fsp3) is 0.417. The highest BCUT2D eigenvalue weighted by Crippen LogP contribution is 2.46. The molecule has 0 bridgehead atoms. The number of amides is 2. The summed E-state index contributed by atoms with van der Waals surface area (Å²) in [7, 11) is 0. The van der Waals surface area contributed by atoms with Crippen molar-refractivity contribution in [3.05, 3.63) is 58.5 Å². The summed E-state index contributed by atoms with van der Waals surface area (Å²) in [6, 6.07) is 8.91. The SMILES string of the molecule is CC(C)(C1CCN(C(=O)NCc2ccc(C#N)nc2)CC1)[C@H](O)c1cc(Cl)cc2cn[nH]c12. The van der Waals surface area contributed by atoms with Crippen LogP contribution in [-0.4, -0.2) is 44.3 Å². The zero-order valence-corrected chi connectivity index (χ0v) is 19.4. The molecule has 0 aliphatic carbocycles. The first-order chi connectivity index (χ1) is 15.8.